The standard InChI is InChI=1S/C22H20FN7/c23-16-3-1-2-4-19(16)29-9-11-30(12-10-29)22-21-18(26-14-27-22)6-5-17(28-21)15-7-8-25-20(24)13-15/h1-8,13-14H,9-12H2,(H2,24,25). The largest absolute Gasteiger partial charge is 0.384 e. The van der Waals surface area contributed by atoms with Gasteiger partial charge in [0.2, 0.25) is 0 Å². The average Bonchev–Trinajstić information content (AvgIpc) is 2.79. The Balaban J connectivity index is 1.45. The van der Waals surface area contributed by atoms with Gasteiger partial charge in [-0.15, -0.1) is 0 Å². The number of fused-ring (bicyclic) bond motifs is 1. The number of nitrogen functional groups attached to an aromatic ring is 1. The van der Waals surface area contributed by atoms with Gasteiger partial charge in [-0.2, -0.15) is 0 Å². The molecule has 1 fully saturated rings. The van der Waals surface area contributed by atoms with Crippen molar-refractivity contribution in [2.24, 2.45) is 0 Å². The highest BCUT2D eigenvalue weighted by molar-refractivity contribution is 5.87. The van der Waals surface area contributed by atoms with E-state index >= 15 is 0 Å². The summed E-state index contributed by atoms with van der Waals surface area (Å²) in [6.45, 7) is 2.84. The number of para-hydroxylation sites is 1. The summed E-state index contributed by atoms with van der Waals surface area (Å²) in [5, 5.41) is 0. The summed E-state index contributed by atoms with van der Waals surface area (Å²) in [6.07, 6.45) is 3.23. The zero-order chi connectivity index (χ0) is 20.5. The fraction of sp³-hybridized carbons (Fsp3) is 0.182. The lowest BCUT2D eigenvalue weighted by Gasteiger charge is -2.36. The van der Waals surface area contributed by atoms with E-state index in [1.54, 1.807) is 24.7 Å². The Hall–Kier alpha value is -3.81. The van der Waals surface area contributed by atoms with Crippen LogP contribution in [0, 0.1) is 5.82 Å². The number of rotatable bonds is 3. The van der Waals surface area contributed by atoms with Crippen LogP contribution in [-0.4, -0.2) is 46.1 Å². The molecule has 4 aromatic rings. The molecule has 0 unspecified atom stereocenters. The smallest absolute Gasteiger partial charge is 0.158 e. The lowest BCUT2D eigenvalue weighted by molar-refractivity contribution is 0.596. The monoisotopic (exact) mass is 401 g/mol. The lowest BCUT2D eigenvalue weighted by atomic mass is 10.1. The number of piperazine rings is 1. The zero-order valence-corrected chi connectivity index (χ0v) is 16.2. The van der Waals surface area contributed by atoms with Gasteiger partial charge in [0.1, 0.15) is 23.5 Å². The van der Waals surface area contributed by atoms with Gasteiger partial charge in [0.25, 0.3) is 0 Å². The van der Waals surface area contributed by atoms with E-state index in [1.165, 1.54) is 6.07 Å². The summed E-state index contributed by atoms with van der Waals surface area (Å²) in [7, 11) is 0. The minimum absolute atomic E-state index is 0.193. The number of hydrogen-bond donors (Lipinski definition) is 1. The highest BCUT2D eigenvalue weighted by Crippen LogP contribution is 2.27. The lowest BCUT2D eigenvalue weighted by Crippen LogP contribution is -2.47. The van der Waals surface area contributed by atoms with Crippen molar-refractivity contribution in [3.05, 3.63) is 66.9 Å². The maximum Gasteiger partial charge on any atom is 0.158 e. The second-order valence-electron chi connectivity index (χ2n) is 7.16. The van der Waals surface area contributed by atoms with Crippen LogP contribution in [0.25, 0.3) is 22.3 Å². The number of nitrogens with zero attached hydrogens (tertiary/aromatic N) is 6. The van der Waals surface area contributed by atoms with Gasteiger partial charge in [-0.05, 0) is 36.4 Å². The molecule has 1 saturated heterocycles. The quantitative estimate of drug-likeness (QED) is 0.565. The Morgan fingerprint density at radius 3 is 2.47 bits per heavy atom. The fourth-order valence-electron chi connectivity index (χ4n) is 3.79. The number of aromatic nitrogens is 4. The van der Waals surface area contributed by atoms with Gasteiger partial charge in [-0.1, -0.05) is 12.1 Å². The van der Waals surface area contributed by atoms with E-state index in [4.69, 9.17) is 10.7 Å². The maximum absolute atomic E-state index is 14.1. The highest BCUT2D eigenvalue weighted by atomic mass is 19.1. The minimum atomic E-state index is -0.193. The van der Waals surface area contributed by atoms with Crippen molar-refractivity contribution in [3.63, 3.8) is 0 Å². The molecule has 0 aliphatic carbocycles. The van der Waals surface area contributed by atoms with Crippen molar-refractivity contribution >= 4 is 28.4 Å². The predicted octanol–water partition coefficient (Wildman–Crippen LogP) is 3.13. The number of nitrogens with two attached hydrogens (primary N) is 1. The Morgan fingerprint density at radius 1 is 0.867 bits per heavy atom. The van der Waals surface area contributed by atoms with E-state index in [2.05, 4.69) is 24.8 Å². The van der Waals surface area contributed by atoms with Crippen LogP contribution < -0.4 is 15.5 Å². The van der Waals surface area contributed by atoms with Crippen molar-refractivity contribution in [2.45, 2.75) is 0 Å². The molecule has 1 aliphatic heterocycles. The molecule has 7 nitrogen and oxygen atoms in total. The highest BCUT2D eigenvalue weighted by Gasteiger charge is 2.22. The summed E-state index contributed by atoms with van der Waals surface area (Å²) in [5.74, 6) is 1.04. The van der Waals surface area contributed by atoms with Crippen LogP contribution in [-0.2, 0) is 0 Å². The average molecular weight is 401 g/mol. The molecular formula is C22H20FN7. The van der Waals surface area contributed by atoms with Gasteiger partial charge in [-0.3, -0.25) is 0 Å². The van der Waals surface area contributed by atoms with Gasteiger partial charge in [0.15, 0.2) is 5.82 Å². The van der Waals surface area contributed by atoms with E-state index in [1.807, 2.05) is 30.3 Å². The number of benzene rings is 1. The molecule has 0 saturated carbocycles. The third kappa shape index (κ3) is 3.36. The maximum atomic E-state index is 14.1. The fourth-order valence-corrected chi connectivity index (χ4v) is 3.79. The van der Waals surface area contributed by atoms with Gasteiger partial charge < -0.3 is 15.5 Å². The molecule has 3 aromatic heterocycles. The minimum Gasteiger partial charge on any atom is -0.384 e. The summed E-state index contributed by atoms with van der Waals surface area (Å²) < 4.78 is 14.1. The Bertz CT molecular complexity index is 1200. The SMILES string of the molecule is Nc1cc(-c2ccc3ncnc(N4CCN(c5ccccc5F)CC4)c3n2)ccn1. The van der Waals surface area contributed by atoms with Gasteiger partial charge in [0, 0.05) is 37.9 Å². The Morgan fingerprint density at radius 2 is 1.67 bits per heavy atom. The summed E-state index contributed by atoms with van der Waals surface area (Å²) >= 11 is 0. The first-order valence-corrected chi connectivity index (χ1v) is 9.77. The van der Waals surface area contributed by atoms with Crippen molar-refractivity contribution in [2.75, 3.05) is 41.7 Å². The summed E-state index contributed by atoms with van der Waals surface area (Å²) in [4.78, 5) is 22.0. The third-order valence-corrected chi connectivity index (χ3v) is 5.31. The molecule has 1 aliphatic rings. The first-order valence-electron chi connectivity index (χ1n) is 9.77. The molecule has 1 aromatic carbocycles. The van der Waals surface area contributed by atoms with Crippen molar-refractivity contribution in [3.8, 4) is 11.3 Å². The van der Waals surface area contributed by atoms with Gasteiger partial charge in [-0.25, -0.2) is 24.3 Å². The molecule has 2 N–H and O–H groups in total. The Labute approximate surface area is 173 Å². The molecule has 0 amide bonds. The van der Waals surface area contributed by atoms with Crippen LogP contribution in [0.5, 0.6) is 0 Å². The molecule has 0 spiro atoms. The molecule has 0 atom stereocenters. The van der Waals surface area contributed by atoms with E-state index in [0.29, 0.717) is 37.7 Å². The van der Waals surface area contributed by atoms with E-state index in [9.17, 15) is 4.39 Å². The van der Waals surface area contributed by atoms with Crippen LogP contribution in [0.1, 0.15) is 0 Å². The van der Waals surface area contributed by atoms with Crippen molar-refractivity contribution in [1.82, 2.24) is 19.9 Å². The molecule has 8 heteroatoms. The number of pyridine rings is 2. The summed E-state index contributed by atoms with van der Waals surface area (Å²) in [5.41, 5.74) is 9.67. The van der Waals surface area contributed by atoms with E-state index in [-0.39, 0.29) is 5.82 Å². The number of hydrogen-bond acceptors (Lipinski definition) is 7. The van der Waals surface area contributed by atoms with E-state index < -0.39 is 0 Å². The van der Waals surface area contributed by atoms with Crippen LogP contribution in [0.2, 0.25) is 0 Å². The van der Waals surface area contributed by atoms with Crippen molar-refractivity contribution < 1.29 is 4.39 Å². The predicted molar refractivity (Wildman–Crippen MR) is 116 cm³/mol. The first-order chi connectivity index (χ1) is 14.7. The Kier molecular flexibility index (Phi) is 4.59. The summed E-state index contributed by atoms with van der Waals surface area (Å²) in [6, 6.07) is 14.4. The van der Waals surface area contributed by atoms with Crippen LogP contribution >= 0.6 is 0 Å². The zero-order valence-electron chi connectivity index (χ0n) is 16.2. The molecule has 0 bridgehead atoms. The van der Waals surface area contributed by atoms with Gasteiger partial charge >= 0.3 is 0 Å². The van der Waals surface area contributed by atoms with Crippen LogP contribution in [0.3, 0.4) is 0 Å². The molecule has 4 heterocycles. The normalized spacial score (nSPS) is 14.3. The van der Waals surface area contributed by atoms with Gasteiger partial charge in [0.05, 0.1) is 16.9 Å². The molecule has 0 radical (unpaired) electrons. The van der Waals surface area contributed by atoms with Crippen molar-refractivity contribution in [1.29, 1.82) is 0 Å². The van der Waals surface area contributed by atoms with Crippen LogP contribution in [0.4, 0.5) is 21.7 Å². The second-order valence-corrected chi connectivity index (χ2v) is 7.16. The van der Waals surface area contributed by atoms with Crippen LogP contribution in [0.15, 0.2) is 61.1 Å². The molecule has 30 heavy (non-hydrogen) atoms. The topological polar surface area (TPSA) is 84.1 Å². The number of halogens is 1. The number of anilines is 3. The molecular weight excluding hydrogens is 381 g/mol. The van der Waals surface area contributed by atoms with E-state index in [0.717, 1.165) is 28.1 Å². The molecule has 150 valence electrons. The third-order valence-electron chi connectivity index (χ3n) is 5.31. The second kappa shape index (κ2) is 7.55. The first kappa shape index (κ1) is 18.2. The molecule has 5 rings (SSSR count).